The smallest absolute Gasteiger partial charge is 0.255 e. The van der Waals surface area contributed by atoms with Crippen molar-refractivity contribution in [3.8, 4) is 0 Å². The van der Waals surface area contributed by atoms with Crippen molar-refractivity contribution in [2.24, 2.45) is 0 Å². The van der Waals surface area contributed by atoms with Gasteiger partial charge in [0.2, 0.25) is 11.8 Å². The van der Waals surface area contributed by atoms with Gasteiger partial charge in [-0.25, -0.2) is 0 Å². The number of rotatable bonds is 4. The minimum absolute atomic E-state index is 0.114. The van der Waals surface area contributed by atoms with Crippen molar-refractivity contribution >= 4 is 23.4 Å². The summed E-state index contributed by atoms with van der Waals surface area (Å²) in [7, 11) is 0. The Kier molecular flexibility index (Phi) is 5.43. The van der Waals surface area contributed by atoms with Crippen molar-refractivity contribution in [3.05, 3.63) is 64.7 Å². The average Bonchev–Trinajstić information content (AvgIpc) is 3.12. The second-order valence-electron chi connectivity index (χ2n) is 9.06. The van der Waals surface area contributed by atoms with Crippen molar-refractivity contribution < 1.29 is 14.4 Å². The van der Waals surface area contributed by atoms with Crippen LogP contribution in [-0.4, -0.2) is 46.7 Å². The van der Waals surface area contributed by atoms with Gasteiger partial charge in [-0.1, -0.05) is 24.3 Å². The fraction of sp³-hybridized carbons (Fsp3) is 0.400. The average molecular weight is 433 g/mol. The Bertz CT molecular complexity index is 1070. The number of nitrogens with zero attached hydrogens (tertiary/aromatic N) is 2. The van der Waals surface area contributed by atoms with Gasteiger partial charge in [0, 0.05) is 30.8 Å². The molecule has 2 aromatic rings. The van der Waals surface area contributed by atoms with Crippen LogP contribution in [0.2, 0.25) is 0 Å². The molecule has 7 heteroatoms. The number of nitrogens with two attached hydrogens (primary N) is 1. The normalized spacial score (nSPS) is 22.2. The molecule has 7 nitrogen and oxygen atoms in total. The van der Waals surface area contributed by atoms with Crippen LogP contribution in [0.15, 0.2) is 42.5 Å². The molecule has 0 aromatic heterocycles. The third kappa shape index (κ3) is 3.88. The zero-order valence-corrected chi connectivity index (χ0v) is 18.0. The highest BCUT2D eigenvalue weighted by molar-refractivity contribution is 6.05. The van der Waals surface area contributed by atoms with E-state index in [0.717, 1.165) is 49.3 Å². The Morgan fingerprint density at radius 2 is 1.78 bits per heavy atom. The molecule has 1 unspecified atom stereocenters. The second-order valence-corrected chi connectivity index (χ2v) is 9.06. The molecule has 0 radical (unpaired) electrons. The first-order chi connectivity index (χ1) is 15.5. The molecule has 3 aliphatic heterocycles. The van der Waals surface area contributed by atoms with Gasteiger partial charge in [-0.3, -0.25) is 24.6 Å². The van der Waals surface area contributed by atoms with E-state index in [9.17, 15) is 14.4 Å². The summed E-state index contributed by atoms with van der Waals surface area (Å²) in [6, 6.07) is 13.5. The molecule has 2 saturated heterocycles. The van der Waals surface area contributed by atoms with E-state index < -0.39 is 6.04 Å². The summed E-state index contributed by atoms with van der Waals surface area (Å²) >= 11 is 0. The lowest BCUT2D eigenvalue weighted by Crippen LogP contribution is -2.52. The van der Waals surface area contributed by atoms with Crippen LogP contribution in [0.3, 0.4) is 0 Å². The van der Waals surface area contributed by atoms with Gasteiger partial charge in [-0.2, -0.15) is 0 Å². The number of fused-ring (bicyclic) bond motifs is 1. The molecule has 32 heavy (non-hydrogen) atoms. The highest BCUT2D eigenvalue weighted by atomic mass is 16.2. The number of benzene rings is 2. The van der Waals surface area contributed by atoms with Gasteiger partial charge >= 0.3 is 0 Å². The van der Waals surface area contributed by atoms with Gasteiger partial charge in [0.25, 0.3) is 5.91 Å². The predicted octanol–water partition coefficient (Wildman–Crippen LogP) is 2.41. The maximum atomic E-state index is 13.0. The van der Waals surface area contributed by atoms with E-state index in [2.05, 4.69) is 28.4 Å². The maximum absolute atomic E-state index is 13.0. The van der Waals surface area contributed by atoms with Crippen LogP contribution >= 0.6 is 0 Å². The zero-order chi connectivity index (χ0) is 22.2. The van der Waals surface area contributed by atoms with Crippen LogP contribution in [0.5, 0.6) is 0 Å². The first-order valence-electron chi connectivity index (χ1n) is 11.3. The van der Waals surface area contributed by atoms with E-state index in [1.165, 1.54) is 5.56 Å². The Morgan fingerprint density at radius 3 is 2.53 bits per heavy atom. The number of nitrogen functional groups attached to an aromatic ring is 1. The molecular formula is C25H28N4O3. The molecule has 0 spiro atoms. The predicted molar refractivity (Wildman–Crippen MR) is 121 cm³/mol. The van der Waals surface area contributed by atoms with Gasteiger partial charge in [0.05, 0.1) is 0 Å². The van der Waals surface area contributed by atoms with Crippen LogP contribution in [0, 0.1) is 0 Å². The Hall–Kier alpha value is -3.19. The Morgan fingerprint density at radius 1 is 1.00 bits per heavy atom. The van der Waals surface area contributed by atoms with Crippen molar-refractivity contribution in [3.63, 3.8) is 0 Å². The van der Waals surface area contributed by atoms with Crippen molar-refractivity contribution in [2.75, 3.05) is 18.8 Å². The lowest BCUT2D eigenvalue weighted by Gasteiger charge is -2.33. The SMILES string of the molecule is Nc1cccc(C2CCN(Cc3cccc4c3CN(C3CCC(=O)NC3=O)C4=O)CC2)c1. The summed E-state index contributed by atoms with van der Waals surface area (Å²) in [5.41, 5.74) is 10.9. The monoisotopic (exact) mass is 432 g/mol. The molecule has 0 saturated carbocycles. The molecule has 0 bridgehead atoms. The zero-order valence-electron chi connectivity index (χ0n) is 18.0. The molecule has 3 heterocycles. The van der Waals surface area contributed by atoms with Gasteiger partial charge in [-0.15, -0.1) is 0 Å². The van der Waals surface area contributed by atoms with E-state index >= 15 is 0 Å². The van der Waals surface area contributed by atoms with Crippen LogP contribution in [0.4, 0.5) is 5.69 Å². The third-order valence-electron chi connectivity index (χ3n) is 7.04. The fourth-order valence-electron chi connectivity index (χ4n) is 5.28. The number of nitrogens with one attached hydrogen (secondary N) is 1. The number of anilines is 1. The van der Waals surface area contributed by atoms with E-state index in [4.69, 9.17) is 5.73 Å². The standard InChI is InChI=1S/C25H28N4O3/c26-19-5-1-3-17(13-19)16-9-11-28(12-10-16)14-18-4-2-6-20-21(18)15-29(25(20)32)22-7-8-23(30)27-24(22)31/h1-6,13,16,22H,7-12,14-15,26H2,(H,27,30,31). The quantitative estimate of drug-likeness (QED) is 0.571. The van der Waals surface area contributed by atoms with E-state index in [0.29, 0.717) is 24.4 Å². The number of hydrogen-bond donors (Lipinski definition) is 2. The molecule has 2 fully saturated rings. The fourth-order valence-corrected chi connectivity index (χ4v) is 5.28. The number of piperidine rings is 2. The van der Waals surface area contributed by atoms with Crippen LogP contribution in [-0.2, 0) is 22.7 Å². The highest BCUT2D eigenvalue weighted by Crippen LogP contribution is 2.33. The largest absolute Gasteiger partial charge is 0.399 e. The molecule has 166 valence electrons. The first-order valence-corrected chi connectivity index (χ1v) is 11.3. The van der Waals surface area contributed by atoms with E-state index in [1.807, 2.05) is 24.3 Å². The minimum atomic E-state index is -0.575. The molecule has 5 rings (SSSR count). The molecule has 2 aromatic carbocycles. The minimum Gasteiger partial charge on any atom is -0.399 e. The summed E-state index contributed by atoms with van der Waals surface area (Å²) in [6.07, 6.45) is 2.82. The number of carbonyl (C=O) groups is 3. The summed E-state index contributed by atoms with van der Waals surface area (Å²) in [5, 5.41) is 2.37. The Labute approximate surface area is 187 Å². The number of imide groups is 1. The third-order valence-corrected chi connectivity index (χ3v) is 7.04. The summed E-state index contributed by atoms with van der Waals surface area (Å²) in [6.45, 7) is 3.21. The van der Waals surface area contributed by atoms with Crippen LogP contribution < -0.4 is 11.1 Å². The summed E-state index contributed by atoms with van der Waals surface area (Å²) in [5.74, 6) is -0.220. The number of amides is 3. The van der Waals surface area contributed by atoms with Gasteiger partial charge < -0.3 is 10.6 Å². The lowest BCUT2D eigenvalue weighted by atomic mass is 9.89. The molecule has 1 atom stereocenters. The summed E-state index contributed by atoms with van der Waals surface area (Å²) in [4.78, 5) is 40.9. The van der Waals surface area contributed by atoms with Gasteiger partial charge in [0.15, 0.2) is 0 Å². The molecule has 3 aliphatic rings. The first kappa shape index (κ1) is 20.7. The molecule has 3 N–H and O–H groups in total. The molecule has 0 aliphatic carbocycles. The second kappa shape index (κ2) is 8.39. The van der Waals surface area contributed by atoms with Crippen molar-refractivity contribution in [1.82, 2.24) is 15.1 Å². The topological polar surface area (TPSA) is 95.7 Å². The van der Waals surface area contributed by atoms with Gasteiger partial charge in [0.1, 0.15) is 6.04 Å². The number of likely N-dealkylation sites (tertiary alicyclic amines) is 1. The van der Waals surface area contributed by atoms with E-state index in [-0.39, 0.29) is 24.1 Å². The number of hydrogen-bond acceptors (Lipinski definition) is 5. The highest BCUT2D eigenvalue weighted by Gasteiger charge is 2.39. The Balaban J connectivity index is 1.26. The van der Waals surface area contributed by atoms with Crippen molar-refractivity contribution in [1.29, 1.82) is 0 Å². The number of carbonyl (C=O) groups excluding carboxylic acids is 3. The molecule has 3 amide bonds. The maximum Gasteiger partial charge on any atom is 0.255 e. The lowest BCUT2D eigenvalue weighted by molar-refractivity contribution is -0.136. The molecular weight excluding hydrogens is 404 g/mol. The van der Waals surface area contributed by atoms with Crippen molar-refractivity contribution in [2.45, 2.75) is 50.7 Å². The van der Waals surface area contributed by atoms with E-state index in [1.54, 1.807) is 4.90 Å². The van der Waals surface area contributed by atoms with Crippen LogP contribution in [0.25, 0.3) is 0 Å². The summed E-state index contributed by atoms with van der Waals surface area (Å²) < 4.78 is 0. The van der Waals surface area contributed by atoms with Crippen LogP contribution in [0.1, 0.15) is 58.6 Å². The van der Waals surface area contributed by atoms with Gasteiger partial charge in [-0.05, 0) is 73.2 Å².